The topological polar surface area (TPSA) is 20.2 Å². The van der Waals surface area contributed by atoms with Crippen molar-refractivity contribution in [1.82, 2.24) is 0 Å². The van der Waals surface area contributed by atoms with Gasteiger partial charge in [0.1, 0.15) is 0 Å². The van der Waals surface area contributed by atoms with Crippen LogP contribution in [0.15, 0.2) is 0 Å². The van der Waals surface area contributed by atoms with Gasteiger partial charge < -0.3 is 5.11 Å². The molecule has 0 bridgehead atoms. The lowest BCUT2D eigenvalue weighted by Crippen LogP contribution is -2.01. The number of aliphatic hydroxyl groups excluding tert-OH is 1. The fraction of sp³-hybridized carbons (Fsp3) is 1.00. The van der Waals surface area contributed by atoms with Crippen LogP contribution < -0.4 is 0 Å². The summed E-state index contributed by atoms with van der Waals surface area (Å²) in [7, 11) is 0. The SMILES string of the molecule is CCCCCCCCC(S)CCO. The summed E-state index contributed by atoms with van der Waals surface area (Å²) in [6, 6.07) is 0. The Morgan fingerprint density at radius 2 is 1.62 bits per heavy atom. The van der Waals surface area contributed by atoms with E-state index >= 15 is 0 Å². The van der Waals surface area contributed by atoms with Crippen LogP contribution >= 0.6 is 12.6 Å². The Labute approximate surface area is 88.3 Å². The van der Waals surface area contributed by atoms with Crippen LogP contribution in [0.4, 0.5) is 0 Å². The van der Waals surface area contributed by atoms with Crippen LogP contribution in [-0.2, 0) is 0 Å². The zero-order chi connectivity index (χ0) is 9.94. The number of rotatable bonds is 9. The second-order valence-corrected chi connectivity index (χ2v) is 4.45. The zero-order valence-corrected chi connectivity index (χ0v) is 9.73. The van der Waals surface area contributed by atoms with E-state index < -0.39 is 0 Å². The second-order valence-electron chi connectivity index (χ2n) is 3.72. The molecule has 0 heterocycles. The number of hydrogen-bond donors (Lipinski definition) is 2. The Kier molecular flexibility index (Phi) is 10.6. The molecule has 0 rings (SSSR count). The van der Waals surface area contributed by atoms with Crippen molar-refractivity contribution in [3.8, 4) is 0 Å². The van der Waals surface area contributed by atoms with E-state index in [1.165, 1.54) is 38.5 Å². The third-order valence-corrected chi connectivity index (χ3v) is 2.87. The van der Waals surface area contributed by atoms with E-state index in [-0.39, 0.29) is 6.61 Å². The van der Waals surface area contributed by atoms with Gasteiger partial charge in [-0.2, -0.15) is 12.6 Å². The third-order valence-electron chi connectivity index (χ3n) is 2.35. The predicted molar refractivity (Wildman–Crippen MR) is 62.5 cm³/mol. The van der Waals surface area contributed by atoms with Crippen LogP contribution in [0.25, 0.3) is 0 Å². The van der Waals surface area contributed by atoms with Gasteiger partial charge in [0.15, 0.2) is 0 Å². The van der Waals surface area contributed by atoms with Gasteiger partial charge in [0.05, 0.1) is 0 Å². The molecule has 13 heavy (non-hydrogen) atoms. The minimum absolute atomic E-state index is 0.282. The van der Waals surface area contributed by atoms with E-state index in [9.17, 15) is 0 Å². The van der Waals surface area contributed by atoms with Gasteiger partial charge in [-0.15, -0.1) is 0 Å². The van der Waals surface area contributed by atoms with Gasteiger partial charge in [-0.3, -0.25) is 0 Å². The van der Waals surface area contributed by atoms with Crippen molar-refractivity contribution in [2.24, 2.45) is 0 Å². The maximum atomic E-state index is 8.66. The molecule has 1 N–H and O–H groups in total. The molecule has 80 valence electrons. The molecule has 0 aliphatic carbocycles. The first-order valence-corrected chi connectivity index (χ1v) is 6.11. The van der Waals surface area contributed by atoms with Crippen LogP contribution in [0.3, 0.4) is 0 Å². The van der Waals surface area contributed by atoms with Crippen molar-refractivity contribution in [3.05, 3.63) is 0 Å². The molecule has 0 fully saturated rings. The molecule has 1 unspecified atom stereocenters. The molecule has 0 aromatic rings. The first-order valence-electron chi connectivity index (χ1n) is 5.60. The van der Waals surface area contributed by atoms with Crippen LogP contribution in [0.2, 0.25) is 0 Å². The van der Waals surface area contributed by atoms with Crippen molar-refractivity contribution in [3.63, 3.8) is 0 Å². The molecule has 0 saturated heterocycles. The Morgan fingerprint density at radius 3 is 2.23 bits per heavy atom. The molecule has 0 amide bonds. The molecule has 0 spiro atoms. The van der Waals surface area contributed by atoms with Crippen LogP contribution in [0.1, 0.15) is 58.3 Å². The van der Waals surface area contributed by atoms with E-state index in [2.05, 4.69) is 19.6 Å². The fourth-order valence-corrected chi connectivity index (χ4v) is 1.75. The van der Waals surface area contributed by atoms with Gasteiger partial charge in [0.2, 0.25) is 0 Å². The summed E-state index contributed by atoms with van der Waals surface area (Å²) in [5, 5.41) is 9.07. The first-order chi connectivity index (χ1) is 6.31. The van der Waals surface area contributed by atoms with Crippen molar-refractivity contribution in [1.29, 1.82) is 0 Å². The summed E-state index contributed by atoms with van der Waals surface area (Å²) >= 11 is 4.39. The first kappa shape index (κ1) is 13.3. The van der Waals surface area contributed by atoms with E-state index in [1.54, 1.807) is 0 Å². The molecular formula is C11H24OS. The monoisotopic (exact) mass is 204 g/mol. The van der Waals surface area contributed by atoms with Crippen molar-refractivity contribution >= 4 is 12.6 Å². The molecule has 0 aliphatic rings. The molecule has 0 radical (unpaired) electrons. The fourth-order valence-electron chi connectivity index (χ4n) is 1.45. The highest BCUT2D eigenvalue weighted by Gasteiger charge is 2.00. The summed E-state index contributed by atoms with van der Waals surface area (Å²) in [6.45, 7) is 2.52. The summed E-state index contributed by atoms with van der Waals surface area (Å²) in [4.78, 5) is 0. The highest BCUT2D eigenvalue weighted by Crippen LogP contribution is 2.13. The van der Waals surface area contributed by atoms with E-state index in [0.29, 0.717) is 5.25 Å². The minimum Gasteiger partial charge on any atom is -0.396 e. The number of hydrogen-bond acceptors (Lipinski definition) is 2. The van der Waals surface area contributed by atoms with Crippen molar-refractivity contribution in [2.45, 2.75) is 63.5 Å². The second kappa shape index (κ2) is 10.4. The lowest BCUT2D eigenvalue weighted by molar-refractivity contribution is 0.285. The summed E-state index contributed by atoms with van der Waals surface area (Å²) in [5.41, 5.74) is 0. The summed E-state index contributed by atoms with van der Waals surface area (Å²) < 4.78 is 0. The minimum atomic E-state index is 0.282. The van der Waals surface area contributed by atoms with Gasteiger partial charge in [-0.05, 0) is 12.8 Å². The molecule has 0 saturated carbocycles. The summed E-state index contributed by atoms with van der Waals surface area (Å²) in [5.74, 6) is 0. The standard InChI is InChI=1S/C11H24OS/c1-2-3-4-5-6-7-8-11(13)9-10-12/h11-13H,2-10H2,1H3. The molecule has 0 aromatic heterocycles. The highest BCUT2D eigenvalue weighted by molar-refractivity contribution is 7.80. The number of unbranched alkanes of at least 4 members (excludes halogenated alkanes) is 5. The van der Waals surface area contributed by atoms with E-state index in [0.717, 1.165) is 12.8 Å². The van der Waals surface area contributed by atoms with Gasteiger partial charge in [0.25, 0.3) is 0 Å². The Hall–Kier alpha value is 0.310. The van der Waals surface area contributed by atoms with Gasteiger partial charge in [-0.25, -0.2) is 0 Å². The molecular weight excluding hydrogens is 180 g/mol. The van der Waals surface area contributed by atoms with Gasteiger partial charge >= 0.3 is 0 Å². The van der Waals surface area contributed by atoms with Crippen LogP contribution in [0, 0.1) is 0 Å². The maximum absolute atomic E-state index is 8.66. The molecule has 1 nitrogen and oxygen atoms in total. The smallest absolute Gasteiger partial charge is 0.0441 e. The lowest BCUT2D eigenvalue weighted by Gasteiger charge is -2.07. The quantitative estimate of drug-likeness (QED) is 0.435. The maximum Gasteiger partial charge on any atom is 0.0441 e. The van der Waals surface area contributed by atoms with Crippen LogP contribution in [-0.4, -0.2) is 17.0 Å². The normalized spacial score (nSPS) is 13.2. The molecule has 0 aromatic carbocycles. The number of thiol groups is 1. The third kappa shape index (κ3) is 10.2. The van der Waals surface area contributed by atoms with Crippen molar-refractivity contribution in [2.75, 3.05) is 6.61 Å². The van der Waals surface area contributed by atoms with Crippen molar-refractivity contribution < 1.29 is 5.11 Å². The van der Waals surface area contributed by atoms with E-state index in [1.807, 2.05) is 0 Å². The van der Waals surface area contributed by atoms with E-state index in [4.69, 9.17) is 5.11 Å². The Balaban J connectivity index is 2.97. The largest absolute Gasteiger partial charge is 0.396 e. The van der Waals surface area contributed by atoms with Gasteiger partial charge in [-0.1, -0.05) is 45.4 Å². The molecule has 2 heteroatoms. The molecule has 0 aliphatic heterocycles. The number of aliphatic hydroxyl groups is 1. The van der Waals surface area contributed by atoms with Gasteiger partial charge in [0, 0.05) is 11.9 Å². The predicted octanol–water partition coefficient (Wildman–Crippen LogP) is 3.42. The average Bonchev–Trinajstić information content (AvgIpc) is 2.11. The zero-order valence-electron chi connectivity index (χ0n) is 8.84. The highest BCUT2D eigenvalue weighted by atomic mass is 32.1. The van der Waals surface area contributed by atoms with Crippen LogP contribution in [0.5, 0.6) is 0 Å². The summed E-state index contributed by atoms with van der Waals surface area (Å²) in [6.07, 6.45) is 10.1. The lowest BCUT2D eigenvalue weighted by atomic mass is 10.1. The Morgan fingerprint density at radius 1 is 1.00 bits per heavy atom. The average molecular weight is 204 g/mol. The molecule has 1 atom stereocenters. The Bertz CT molecular complexity index is 96.1.